The van der Waals surface area contributed by atoms with Crippen molar-refractivity contribution >= 4 is 35.6 Å². The minimum atomic E-state index is -3.20. The summed E-state index contributed by atoms with van der Waals surface area (Å²) in [7, 11) is 0. The first kappa shape index (κ1) is 65.0. The number of esters is 5. The first-order chi connectivity index (χ1) is 46.7. The first-order valence-corrected chi connectivity index (χ1v) is 28.5. The van der Waals surface area contributed by atoms with Gasteiger partial charge in [0.15, 0.2) is 112 Å². The van der Waals surface area contributed by atoms with Crippen molar-refractivity contribution in [1.29, 1.82) is 0 Å². The van der Waals surface area contributed by atoms with Crippen molar-refractivity contribution in [3.05, 3.63) is 92.5 Å². The van der Waals surface area contributed by atoms with Gasteiger partial charge < -0.3 is 155 Å². The number of ether oxygens (including phenoxy) is 8. The third kappa shape index (κ3) is 9.38. The van der Waals surface area contributed by atoms with Gasteiger partial charge >= 0.3 is 29.8 Å². The lowest BCUT2D eigenvalue weighted by molar-refractivity contribution is -0.311. The second kappa shape index (κ2) is 22.7. The molecular formula is C62H46O37. The van der Waals surface area contributed by atoms with Crippen LogP contribution in [0.5, 0.6) is 115 Å². The molecule has 0 amide bonds. The third-order valence-corrected chi connectivity index (χ3v) is 17.6. The fourth-order valence-electron chi connectivity index (χ4n) is 12.9. The van der Waals surface area contributed by atoms with Crippen LogP contribution in [-0.4, -0.2) is 228 Å². The number of phenols is 19. The molecule has 0 aromatic heterocycles. The molecule has 37 nitrogen and oxygen atoms in total. The molecule has 0 spiro atoms. The van der Waals surface area contributed by atoms with Gasteiger partial charge in [-0.25, -0.2) is 24.0 Å². The fourth-order valence-corrected chi connectivity index (χ4v) is 12.9. The maximum atomic E-state index is 16.0. The fraction of sp³-hybridized carbons (Fsp3) is 0.226. The van der Waals surface area contributed by atoms with E-state index in [4.69, 9.17) is 37.9 Å². The van der Waals surface area contributed by atoms with Crippen LogP contribution in [0.15, 0.2) is 42.5 Å². The number of hydrogen-bond donors (Lipinski definition) is 23. The van der Waals surface area contributed by atoms with Crippen molar-refractivity contribution in [2.75, 3.05) is 13.2 Å². The number of aliphatic hydroxyl groups is 4. The Morgan fingerprint density at radius 3 is 1.43 bits per heavy atom. The quantitative estimate of drug-likeness (QED) is 0.0642. The normalized spacial score (nSPS) is 24.5. The number of cyclic esters (lactones) is 1. The highest BCUT2D eigenvalue weighted by atomic mass is 16.7. The summed E-state index contributed by atoms with van der Waals surface area (Å²) in [5.74, 6) is -45.5. The van der Waals surface area contributed by atoms with Crippen LogP contribution >= 0.6 is 0 Å². The number of Topliss-reactive ketones (excluding diaryl/α,β-unsaturated/α-hetero) is 1. The van der Waals surface area contributed by atoms with Crippen LogP contribution in [0.4, 0.5) is 0 Å². The van der Waals surface area contributed by atoms with Crippen molar-refractivity contribution in [3.63, 3.8) is 0 Å². The van der Waals surface area contributed by atoms with Gasteiger partial charge in [-0.2, -0.15) is 0 Å². The molecule has 12 atom stereocenters. The van der Waals surface area contributed by atoms with Crippen molar-refractivity contribution < 1.29 is 184 Å². The average molecular weight is 1380 g/mol. The van der Waals surface area contributed by atoms with Crippen molar-refractivity contribution in [1.82, 2.24) is 0 Å². The van der Waals surface area contributed by atoms with E-state index < -0.39 is 315 Å². The van der Waals surface area contributed by atoms with Gasteiger partial charge in [0.2, 0.25) is 34.5 Å². The predicted octanol–water partition coefficient (Wildman–Crippen LogP) is 0.740. The summed E-state index contributed by atoms with van der Waals surface area (Å²) in [5, 5.41) is 262. The lowest BCUT2D eigenvalue weighted by Gasteiger charge is -2.43. The number of carbonyl (C=O) groups excluding carboxylic acids is 6. The summed E-state index contributed by atoms with van der Waals surface area (Å²) in [6, 6.07) is 4.02. The highest BCUT2D eigenvalue weighted by Crippen LogP contribution is 2.64. The van der Waals surface area contributed by atoms with E-state index in [1.54, 1.807) is 0 Å². The number of fused-ring (bicyclic) bond motifs is 8. The second-order valence-corrected chi connectivity index (χ2v) is 23.0. The van der Waals surface area contributed by atoms with Crippen LogP contribution < -0.4 is 4.74 Å². The summed E-state index contributed by atoms with van der Waals surface area (Å²) in [6.07, 6.45) is -27.3. The minimum Gasteiger partial charge on any atom is -0.507 e. The van der Waals surface area contributed by atoms with E-state index in [2.05, 4.69) is 0 Å². The molecule has 0 radical (unpaired) electrons. The Balaban J connectivity index is 1.14. The molecule has 0 aliphatic carbocycles. The molecule has 37 heteroatoms. The number of benzene rings is 7. The Bertz CT molecular complexity index is 4800. The Labute approximate surface area is 545 Å². The van der Waals surface area contributed by atoms with Gasteiger partial charge in [0.25, 0.3) is 0 Å². The molecule has 7 aliphatic heterocycles. The molecule has 1 fully saturated rings. The number of hydrogen-bond acceptors (Lipinski definition) is 37. The standard InChI is InChI=1S/C62H46O37/c63-8-21-38(73)48(83)51(86)62(95-21)99-55-47(82)27-20(93-52(55)10-1-2-14(64)15(65)3-10)7-16(66)26(39(27)74)32-31-34-30(45(80)50(85)46(31)81)29-33-28(43(78)49(84)44(29)79)25-13(6-19(69)37(72)42(25)77)58(88)94-22-9-92-57(87)11-4-17(67)35(70)40(75)23(11)24-12(5-18(68)36(71)41(24)76)59(89)96-53(22)56(98-61(33)91)54(32)97-60(34)90/h1-7,21-22,32,38,48,51-56,62-81,83-86H,8-9H2. The summed E-state index contributed by atoms with van der Waals surface area (Å²) in [6.45, 7) is -2.82. The van der Waals surface area contributed by atoms with E-state index in [0.717, 1.165) is 18.2 Å². The maximum Gasteiger partial charge on any atom is 0.340 e. The average Bonchev–Trinajstić information content (AvgIpc) is 1.36. The zero-order chi connectivity index (χ0) is 71.6. The zero-order valence-electron chi connectivity index (χ0n) is 48.9. The number of aliphatic hydroxyl groups excluding tert-OH is 4. The summed E-state index contributed by atoms with van der Waals surface area (Å²) in [5.41, 5.74) is -20.0. The van der Waals surface area contributed by atoms with Gasteiger partial charge in [0, 0.05) is 50.6 Å². The van der Waals surface area contributed by atoms with Crippen LogP contribution in [0.25, 0.3) is 33.4 Å². The van der Waals surface area contributed by atoms with E-state index in [1.165, 1.54) is 0 Å². The lowest BCUT2D eigenvalue weighted by Crippen LogP contribution is -2.60. The molecule has 23 N–H and O–H groups in total. The van der Waals surface area contributed by atoms with E-state index in [-0.39, 0.29) is 17.7 Å². The molecular weight excluding hydrogens is 1340 g/mol. The van der Waals surface area contributed by atoms with Crippen molar-refractivity contribution in [2.45, 2.75) is 73.2 Å². The molecule has 0 saturated carbocycles. The van der Waals surface area contributed by atoms with Crippen LogP contribution in [-0.2, 0) is 33.2 Å². The van der Waals surface area contributed by atoms with Crippen molar-refractivity contribution in [3.8, 4) is 148 Å². The largest absolute Gasteiger partial charge is 0.507 e. The van der Waals surface area contributed by atoms with Gasteiger partial charge in [0.05, 0.1) is 40.3 Å². The first-order valence-electron chi connectivity index (χ1n) is 28.5. The molecule has 99 heavy (non-hydrogen) atoms. The molecule has 12 unspecified atom stereocenters. The number of ketones is 1. The van der Waals surface area contributed by atoms with Crippen LogP contribution in [0.3, 0.4) is 0 Å². The smallest absolute Gasteiger partial charge is 0.340 e. The number of carbonyl (C=O) groups is 6. The molecule has 7 heterocycles. The lowest BCUT2D eigenvalue weighted by atomic mass is 9.73. The Morgan fingerprint density at radius 1 is 0.384 bits per heavy atom. The van der Waals surface area contributed by atoms with Gasteiger partial charge in [-0.1, -0.05) is 6.07 Å². The SMILES string of the molecule is O=C1OCC2OC(=O)c3cc(O)c(O)c(O)c3-c3c(O)c(O)c(O)c4c3C(=O)OC(C2OC(=O)c2cc(O)c(O)c(O)c2-c2c1cc(O)c(O)c2O)C1OC(=O)c2c-4c(O)c(O)c(O)c2C1c1c(O)cc2c(c1O)C(=O)C(OC1OC(CO)C(O)C(O)C1O)C(c1ccc(O)c(O)c1)O2. The third-order valence-electron chi connectivity index (χ3n) is 17.6. The van der Waals surface area contributed by atoms with Crippen LogP contribution in [0.1, 0.15) is 90.9 Å². The topological polar surface area (TPSA) is 642 Å². The number of phenolic OH excluding ortho intramolecular Hbond substituents is 19. The Kier molecular flexibility index (Phi) is 14.9. The molecule has 516 valence electrons. The predicted molar refractivity (Wildman–Crippen MR) is 309 cm³/mol. The summed E-state index contributed by atoms with van der Waals surface area (Å²) in [4.78, 5) is 92.3. The van der Waals surface area contributed by atoms with Gasteiger partial charge in [0.1, 0.15) is 53.8 Å². The summed E-state index contributed by atoms with van der Waals surface area (Å²) >= 11 is 0. The second-order valence-electron chi connectivity index (χ2n) is 23.0. The van der Waals surface area contributed by atoms with Gasteiger partial charge in [-0.15, -0.1) is 0 Å². The summed E-state index contributed by atoms with van der Waals surface area (Å²) < 4.78 is 47.0. The number of rotatable bonds is 5. The molecule has 1 saturated heterocycles. The molecule has 7 aliphatic rings. The van der Waals surface area contributed by atoms with E-state index in [0.29, 0.717) is 12.1 Å². The highest BCUT2D eigenvalue weighted by molar-refractivity contribution is 6.17. The minimum absolute atomic E-state index is 0.235. The Morgan fingerprint density at radius 2 is 0.869 bits per heavy atom. The highest BCUT2D eigenvalue weighted by Gasteiger charge is 2.59. The van der Waals surface area contributed by atoms with E-state index in [1.807, 2.05) is 0 Å². The molecule has 7 aromatic carbocycles. The van der Waals surface area contributed by atoms with Gasteiger partial charge in [-0.3, -0.25) is 4.79 Å². The zero-order valence-corrected chi connectivity index (χ0v) is 48.9. The van der Waals surface area contributed by atoms with Crippen LogP contribution in [0.2, 0.25) is 0 Å². The Hall–Kier alpha value is -12.7. The van der Waals surface area contributed by atoms with Crippen molar-refractivity contribution in [2.24, 2.45) is 0 Å². The maximum absolute atomic E-state index is 16.0. The molecule has 7 aromatic rings. The van der Waals surface area contributed by atoms with Gasteiger partial charge in [-0.05, 0) is 35.9 Å². The monoisotopic (exact) mass is 1380 g/mol. The van der Waals surface area contributed by atoms with E-state index >= 15 is 24.0 Å². The molecule has 14 rings (SSSR count). The molecule has 6 bridgehead atoms. The van der Waals surface area contributed by atoms with Crippen LogP contribution in [0, 0.1) is 0 Å². The van der Waals surface area contributed by atoms with E-state index in [9.17, 15) is 122 Å². The number of aromatic hydroxyl groups is 19.